The molecule has 0 radical (unpaired) electrons. The highest BCUT2D eigenvalue weighted by molar-refractivity contribution is 6.30. The Bertz CT molecular complexity index is 1040. The number of allylic oxidation sites excluding steroid dienone is 2. The molecule has 1 aromatic rings. The average Bonchev–Trinajstić information content (AvgIpc) is 3.60. The lowest BCUT2D eigenvalue weighted by atomic mass is 9.41. The lowest BCUT2D eigenvalue weighted by molar-refractivity contribution is -0.232. The number of carbonyl (C=O) groups excluding carboxylic acids is 1. The number of piperidine rings is 1. The summed E-state index contributed by atoms with van der Waals surface area (Å²) >= 11 is 6.16. The minimum Gasteiger partial charge on any atom is -0.512 e. The van der Waals surface area contributed by atoms with Gasteiger partial charge in [0.2, 0.25) is 0 Å². The van der Waals surface area contributed by atoms with Gasteiger partial charge >= 0.3 is 0 Å². The van der Waals surface area contributed by atoms with E-state index in [1.165, 1.54) is 19.4 Å². The number of nitrogens with zero attached hydrogens (tertiary/aromatic N) is 1. The molecule has 7 unspecified atom stereocenters. The molecule has 3 saturated carbocycles. The number of aliphatic hydroxyl groups excluding tert-OH is 1. The Morgan fingerprint density at radius 2 is 2.12 bits per heavy atom. The summed E-state index contributed by atoms with van der Waals surface area (Å²) in [5.41, 5.74) is 0.328. The second-order valence-corrected chi connectivity index (χ2v) is 12.3. The Hall–Kier alpha value is -1.56. The molecule has 1 amide bonds. The molecule has 0 aromatic heterocycles. The van der Waals surface area contributed by atoms with Gasteiger partial charge in [-0.15, -0.1) is 0 Å². The van der Waals surface area contributed by atoms with Gasteiger partial charge in [0, 0.05) is 46.5 Å². The Labute approximate surface area is 206 Å². The third-order valence-corrected chi connectivity index (χ3v) is 10.7. The van der Waals surface area contributed by atoms with Crippen LogP contribution in [0.3, 0.4) is 0 Å². The Morgan fingerprint density at radius 1 is 1.24 bits per heavy atom. The van der Waals surface area contributed by atoms with Crippen molar-refractivity contribution < 1.29 is 14.6 Å². The molecule has 6 aliphatic rings. The number of carbonyl (C=O) groups is 1. The number of amides is 1. The van der Waals surface area contributed by atoms with E-state index in [1.807, 2.05) is 12.1 Å². The van der Waals surface area contributed by atoms with Crippen molar-refractivity contribution >= 4 is 17.5 Å². The van der Waals surface area contributed by atoms with E-state index in [4.69, 9.17) is 16.3 Å². The number of halogens is 1. The van der Waals surface area contributed by atoms with Gasteiger partial charge in [-0.05, 0) is 94.0 Å². The first-order valence-corrected chi connectivity index (χ1v) is 13.7. The first kappa shape index (κ1) is 21.7. The van der Waals surface area contributed by atoms with Gasteiger partial charge < -0.3 is 15.2 Å². The maximum atomic E-state index is 13.2. The van der Waals surface area contributed by atoms with Crippen molar-refractivity contribution in [3.63, 3.8) is 0 Å². The highest BCUT2D eigenvalue weighted by Crippen LogP contribution is 2.71. The number of benzene rings is 1. The topological polar surface area (TPSA) is 61.8 Å². The summed E-state index contributed by atoms with van der Waals surface area (Å²) in [7, 11) is 0. The third-order valence-electron chi connectivity index (χ3n) is 10.4. The molecular formula is C28H35ClN2O3. The molecule has 34 heavy (non-hydrogen) atoms. The van der Waals surface area contributed by atoms with Crippen LogP contribution in [0.4, 0.5) is 0 Å². The Balaban J connectivity index is 1.25. The van der Waals surface area contributed by atoms with E-state index >= 15 is 0 Å². The predicted octanol–water partition coefficient (Wildman–Crippen LogP) is 4.96. The average molecular weight is 483 g/mol. The lowest BCUT2D eigenvalue weighted by Gasteiger charge is -2.68. The molecule has 2 saturated heterocycles. The third kappa shape index (κ3) is 2.96. The number of nitrogens with one attached hydrogen (secondary N) is 1. The monoisotopic (exact) mass is 482 g/mol. The van der Waals surface area contributed by atoms with Crippen LogP contribution >= 0.6 is 11.6 Å². The number of hydrogen-bond donors (Lipinski definition) is 2. The largest absolute Gasteiger partial charge is 0.512 e. The summed E-state index contributed by atoms with van der Waals surface area (Å²) in [4.78, 5) is 16.0. The van der Waals surface area contributed by atoms with Crippen molar-refractivity contribution in [2.45, 2.75) is 69.1 Å². The zero-order valence-corrected chi connectivity index (χ0v) is 20.5. The quantitative estimate of drug-likeness (QED) is 0.636. The van der Waals surface area contributed by atoms with Gasteiger partial charge in [0.25, 0.3) is 5.91 Å². The minimum absolute atomic E-state index is 0.0539. The van der Waals surface area contributed by atoms with Gasteiger partial charge in [-0.25, -0.2) is 0 Å². The van der Waals surface area contributed by atoms with Crippen molar-refractivity contribution in [2.75, 3.05) is 19.7 Å². The molecule has 182 valence electrons. The molecule has 4 aliphatic carbocycles. The van der Waals surface area contributed by atoms with Gasteiger partial charge in [-0.3, -0.25) is 9.69 Å². The van der Waals surface area contributed by atoms with E-state index in [0.29, 0.717) is 34.9 Å². The van der Waals surface area contributed by atoms with Crippen molar-refractivity contribution in [1.82, 2.24) is 10.2 Å². The van der Waals surface area contributed by atoms with Gasteiger partial charge in [0.05, 0.1) is 18.0 Å². The maximum absolute atomic E-state index is 13.2. The first-order chi connectivity index (χ1) is 16.5. The summed E-state index contributed by atoms with van der Waals surface area (Å²) in [6.45, 7) is 2.99. The summed E-state index contributed by atoms with van der Waals surface area (Å²) in [6.07, 6.45) is 11.1. The zero-order valence-electron chi connectivity index (χ0n) is 19.7. The summed E-state index contributed by atoms with van der Waals surface area (Å²) in [5.74, 6) is 2.33. The van der Waals surface area contributed by atoms with E-state index in [-0.39, 0.29) is 34.8 Å². The molecule has 2 heterocycles. The molecule has 0 spiro atoms. The van der Waals surface area contributed by atoms with Crippen LogP contribution in [-0.2, 0) is 4.74 Å². The van der Waals surface area contributed by atoms with Crippen LogP contribution < -0.4 is 5.32 Å². The molecular weight excluding hydrogens is 448 g/mol. The fourth-order valence-electron chi connectivity index (χ4n) is 9.04. The van der Waals surface area contributed by atoms with Crippen LogP contribution in [0.15, 0.2) is 36.1 Å². The highest BCUT2D eigenvalue weighted by Gasteiger charge is 2.76. The Kier molecular flexibility index (Phi) is 4.93. The van der Waals surface area contributed by atoms with Crippen LogP contribution in [0.1, 0.15) is 61.7 Å². The van der Waals surface area contributed by atoms with E-state index in [9.17, 15) is 9.90 Å². The summed E-state index contributed by atoms with van der Waals surface area (Å²) < 4.78 is 6.94. The SMILES string of the molecule is O=C(NC1CCC23OCC1C21CCN(CC2CC2)C3CC2CCC=C(O)C21)c1cccc(Cl)c1. The van der Waals surface area contributed by atoms with E-state index in [2.05, 4.69) is 16.3 Å². The Morgan fingerprint density at radius 3 is 2.94 bits per heavy atom. The van der Waals surface area contributed by atoms with Crippen LogP contribution in [0, 0.1) is 29.1 Å². The molecule has 2 N–H and O–H groups in total. The maximum Gasteiger partial charge on any atom is 0.251 e. The van der Waals surface area contributed by atoms with E-state index in [0.717, 1.165) is 51.0 Å². The van der Waals surface area contributed by atoms with Gasteiger partial charge in [-0.2, -0.15) is 0 Å². The zero-order chi connectivity index (χ0) is 23.1. The highest BCUT2D eigenvalue weighted by atomic mass is 35.5. The number of likely N-dealkylation sites (tertiary alicyclic amines) is 1. The molecule has 1 aromatic carbocycles. The number of aliphatic hydroxyl groups is 1. The van der Waals surface area contributed by atoms with Crippen molar-refractivity contribution in [2.24, 2.45) is 29.1 Å². The van der Waals surface area contributed by atoms with Crippen molar-refractivity contribution in [3.05, 3.63) is 46.7 Å². The molecule has 7 rings (SSSR count). The molecule has 5 fully saturated rings. The van der Waals surface area contributed by atoms with Gasteiger partial charge in [0.15, 0.2) is 0 Å². The standard InChI is InChI=1S/C28H35ClN2O3/c29-20-5-1-4-19(13-20)26(33)30-22-9-10-28-24-14-18-3-2-6-23(32)25(18)27(28,21(22)16-34-28)11-12-31(24)15-17-7-8-17/h1,4-6,13,17-18,21-22,24-25,32H,2-3,7-12,14-16H2,(H,30,33). The predicted molar refractivity (Wildman–Crippen MR) is 131 cm³/mol. The van der Waals surface area contributed by atoms with Crippen LogP contribution in [0.25, 0.3) is 0 Å². The van der Waals surface area contributed by atoms with Gasteiger partial charge in [-0.1, -0.05) is 17.7 Å². The van der Waals surface area contributed by atoms with Gasteiger partial charge in [0.1, 0.15) is 0 Å². The smallest absolute Gasteiger partial charge is 0.251 e. The molecule has 7 atom stereocenters. The first-order valence-electron chi connectivity index (χ1n) is 13.4. The normalized spacial score (nSPS) is 43.0. The molecule has 4 bridgehead atoms. The second kappa shape index (κ2) is 7.72. The lowest BCUT2D eigenvalue weighted by Crippen LogP contribution is -2.75. The molecule has 6 heteroatoms. The summed E-state index contributed by atoms with van der Waals surface area (Å²) in [6, 6.07) is 7.71. The second-order valence-electron chi connectivity index (χ2n) is 11.9. The number of ether oxygens (including phenoxy) is 1. The number of fused-ring (bicyclic) bond motifs is 1. The van der Waals surface area contributed by atoms with Crippen molar-refractivity contribution in [3.8, 4) is 0 Å². The van der Waals surface area contributed by atoms with E-state index < -0.39 is 0 Å². The van der Waals surface area contributed by atoms with Crippen LogP contribution in [0.5, 0.6) is 0 Å². The fourth-order valence-corrected chi connectivity index (χ4v) is 9.23. The summed E-state index contributed by atoms with van der Waals surface area (Å²) in [5, 5.41) is 15.3. The molecule has 5 nitrogen and oxygen atoms in total. The number of hydrogen-bond acceptors (Lipinski definition) is 4. The fraction of sp³-hybridized carbons (Fsp3) is 0.679. The number of rotatable bonds is 4. The minimum atomic E-state index is -0.192. The van der Waals surface area contributed by atoms with Crippen molar-refractivity contribution in [1.29, 1.82) is 0 Å². The molecule has 2 aliphatic heterocycles. The van der Waals surface area contributed by atoms with E-state index in [1.54, 1.807) is 12.1 Å². The van der Waals surface area contributed by atoms with Crippen LogP contribution in [0.2, 0.25) is 5.02 Å². The van der Waals surface area contributed by atoms with Crippen LogP contribution in [-0.4, -0.2) is 53.3 Å².